The molecule has 1 aliphatic rings. The van der Waals surface area contributed by atoms with E-state index in [1.807, 2.05) is 19.9 Å². The summed E-state index contributed by atoms with van der Waals surface area (Å²) in [5.41, 5.74) is 2.28. The summed E-state index contributed by atoms with van der Waals surface area (Å²) in [5.74, 6) is -2.89. The zero-order valence-electron chi connectivity index (χ0n) is 14.6. The minimum Gasteiger partial charge on any atom is -0.545 e. The Labute approximate surface area is 154 Å². The quantitative estimate of drug-likeness (QED) is 0.654. The zero-order valence-corrected chi connectivity index (χ0v) is 14.6. The summed E-state index contributed by atoms with van der Waals surface area (Å²) in [6, 6.07) is 9.92. The smallest absolute Gasteiger partial charge is 0.335 e. The molecule has 0 aromatic heterocycles. The van der Waals surface area contributed by atoms with Gasteiger partial charge >= 0.3 is 6.03 Å². The van der Waals surface area contributed by atoms with Crippen molar-refractivity contribution in [1.82, 2.24) is 5.32 Å². The van der Waals surface area contributed by atoms with Crippen LogP contribution in [0.15, 0.2) is 48.0 Å². The molecule has 1 N–H and O–H groups in total. The highest BCUT2D eigenvalue weighted by Gasteiger charge is 2.36. The fraction of sp³-hybridized carbons (Fsp3) is 0.100. The Bertz CT molecular complexity index is 985. The van der Waals surface area contributed by atoms with Crippen LogP contribution in [0, 0.1) is 13.8 Å². The zero-order chi connectivity index (χ0) is 19.7. The summed E-state index contributed by atoms with van der Waals surface area (Å²) in [7, 11) is 0. The van der Waals surface area contributed by atoms with Crippen LogP contribution >= 0.6 is 0 Å². The van der Waals surface area contributed by atoms with Gasteiger partial charge in [0.05, 0.1) is 11.7 Å². The van der Waals surface area contributed by atoms with Gasteiger partial charge in [-0.3, -0.25) is 14.9 Å². The Morgan fingerprint density at radius 1 is 1.00 bits per heavy atom. The number of rotatable bonds is 3. The molecule has 4 amide bonds. The van der Waals surface area contributed by atoms with Crippen molar-refractivity contribution in [1.29, 1.82) is 0 Å². The van der Waals surface area contributed by atoms with Gasteiger partial charge in [0.2, 0.25) is 0 Å². The van der Waals surface area contributed by atoms with Gasteiger partial charge < -0.3 is 9.90 Å². The SMILES string of the molecule is Cc1cc(C)cc(N2C(=O)NC(=O)/C(=C/c3ccc(C(=O)[O-])cc3)C2=O)c1. The Hall–Kier alpha value is -3.74. The molecule has 7 nitrogen and oxygen atoms in total. The lowest BCUT2D eigenvalue weighted by molar-refractivity contribution is -0.255. The van der Waals surface area contributed by atoms with Crippen molar-refractivity contribution in [2.45, 2.75) is 13.8 Å². The number of aromatic carboxylic acids is 1. The predicted octanol–water partition coefficient (Wildman–Crippen LogP) is 1.33. The molecule has 1 heterocycles. The fourth-order valence-electron chi connectivity index (χ4n) is 2.85. The first-order chi connectivity index (χ1) is 12.8. The fourth-order valence-corrected chi connectivity index (χ4v) is 2.85. The summed E-state index contributed by atoms with van der Waals surface area (Å²) in [4.78, 5) is 48.9. The number of urea groups is 1. The molecule has 0 bridgehead atoms. The number of carbonyl (C=O) groups excluding carboxylic acids is 4. The van der Waals surface area contributed by atoms with E-state index >= 15 is 0 Å². The second-order valence-electron chi connectivity index (χ2n) is 6.21. The second-order valence-corrected chi connectivity index (χ2v) is 6.21. The Morgan fingerprint density at radius 2 is 1.59 bits per heavy atom. The normalized spacial score (nSPS) is 15.9. The molecule has 0 unspecified atom stereocenters. The van der Waals surface area contributed by atoms with Gasteiger partial charge in [0.1, 0.15) is 5.57 Å². The number of aryl methyl sites for hydroxylation is 2. The van der Waals surface area contributed by atoms with Crippen LogP contribution in [-0.4, -0.2) is 23.8 Å². The number of anilines is 1. The number of carboxylic acid groups (broad SMARTS) is 1. The molecule has 136 valence electrons. The highest BCUT2D eigenvalue weighted by Crippen LogP contribution is 2.24. The number of carboxylic acids is 1. The third-order valence-electron chi connectivity index (χ3n) is 4.02. The number of nitrogens with one attached hydrogen (secondary N) is 1. The predicted molar refractivity (Wildman–Crippen MR) is 95.7 cm³/mol. The molecular formula is C20H15N2O5-. The molecule has 2 aromatic carbocycles. The van der Waals surface area contributed by atoms with Crippen molar-refractivity contribution < 1.29 is 24.3 Å². The highest BCUT2D eigenvalue weighted by atomic mass is 16.4. The number of carbonyl (C=O) groups is 4. The van der Waals surface area contributed by atoms with Gasteiger partial charge in [0.15, 0.2) is 0 Å². The average molecular weight is 363 g/mol. The minimum atomic E-state index is -1.33. The van der Waals surface area contributed by atoms with Crippen molar-refractivity contribution in [3.8, 4) is 0 Å². The van der Waals surface area contributed by atoms with E-state index in [0.29, 0.717) is 11.3 Å². The number of hydrogen-bond acceptors (Lipinski definition) is 5. The van der Waals surface area contributed by atoms with Gasteiger partial charge in [-0.15, -0.1) is 0 Å². The number of hydrogen-bond donors (Lipinski definition) is 1. The van der Waals surface area contributed by atoms with Crippen molar-refractivity contribution in [3.05, 3.63) is 70.3 Å². The monoisotopic (exact) mass is 363 g/mol. The summed E-state index contributed by atoms with van der Waals surface area (Å²) < 4.78 is 0. The van der Waals surface area contributed by atoms with Crippen LogP contribution in [0.5, 0.6) is 0 Å². The van der Waals surface area contributed by atoms with E-state index in [1.54, 1.807) is 12.1 Å². The van der Waals surface area contributed by atoms with Crippen LogP contribution in [0.2, 0.25) is 0 Å². The molecule has 1 fully saturated rings. The van der Waals surface area contributed by atoms with Crippen LogP contribution in [0.1, 0.15) is 27.0 Å². The summed E-state index contributed by atoms with van der Waals surface area (Å²) in [6.07, 6.45) is 1.30. The summed E-state index contributed by atoms with van der Waals surface area (Å²) in [5, 5.41) is 13.0. The third-order valence-corrected chi connectivity index (χ3v) is 4.02. The number of barbiturate groups is 1. The first-order valence-electron chi connectivity index (χ1n) is 8.07. The van der Waals surface area contributed by atoms with Crippen molar-refractivity contribution >= 4 is 35.6 Å². The highest BCUT2D eigenvalue weighted by molar-refractivity contribution is 6.39. The van der Waals surface area contributed by atoms with Crippen LogP contribution in [-0.2, 0) is 9.59 Å². The average Bonchev–Trinajstić information content (AvgIpc) is 2.58. The topological polar surface area (TPSA) is 107 Å². The molecule has 1 saturated heterocycles. The van der Waals surface area contributed by atoms with Crippen molar-refractivity contribution in [2.24, 2.45) is 0 Å². The maximum Gasteiger partial charge on any atom is 0.335 e. The van der Waals surface area contributed by atoms with Crippen LogP contribution in [0.25, 0.3) is 6.08 Å². The Balaban J connectivity index is 2.00. The number of imide groups is 2. The standard InChI is InChI=1S/C20H16N2O5/c1-11-7-12(2)9-15(8-11)22-18(24)16(17(23)21-20(22)27)10-13-3-5-14(6-4-13)19(25)26/h3-10H,1-2H3,(H,25,26)(H,21,23,27)/p-1/b16-10-. The lowest BCUT2D eigenvalue weighted by Gasteiger charge is -2.27. The van der Waals surface area contributed by atoms with E-state index < -0.39 is 23.8 Å². The maximum atomic E-state index is 12.8. The largest absolute Gasteiger partial charge is 0.545 e. The van der Waals surface area contributed by atoms with E-state index in [9.17, 15) is 24.3 Å². The third kappa shape index (κ3) is 3.62. The van der Waals surface area contributed by atoms with E-state index in [0.717, 1.165) is 16.0 Å². The van der Waals surface area contributed by atoms with Crippen LogP contribution < -0.4 is 15.3 Å². The van der Waals surface area contributed by atoms with E-state index in [2.05, 4.69) is 5.32 Å². The summed E-state index contributed by atoms with van der Waals surface area (Å²) >= 11 is 0. The Morgan fingerprint density at radius 3 is 2.15 bits per heavy atom. The van der Waals surface area contributed by atoms with Gasteiger partial charge in [0, 0.05) is 0 Å². The maximum absolute atomic E-state index is 12.8. The van der Waals surface area contributed by atoms with Crippen LogP contribution in [0.3, 0.4) is 0 Å². The van der Waals surface area contributed by atoms with Gasteiger partial charge in [-0.2, -0.15) is 0 Å². The molecule has 2 aromatic rings. The minimum absolute atomic E-state index is 0.0244. The Kier molecular flexibility index (Phi) is 4.60. The first kappa shape index (κ1) is 18.1. The second kappa shape index (κ2) is 6.87. The van der Waals surface area contributed by atoms with Crippen molar-refractivity contribution in [2.75, 3.05) is 4.90 Å². The molecular weight excluding hydrogens is 348 g/mol. The molecule has 0 radical (unpaired) electrons. The van der Waals surface area contributed by atoms with Crippen molar-refractivity contribution in [3.63, 3.8) is 0 Å². The molecule has 0 aliphatic carbocycles. The van der Waals surface area contributed by atoms with Gasteiger partial charge in [-0.05, 0) is 54.3 Å². The molecule has 27 heavy (non-hydrogen) atoms. The first-order valence-corrected chi connectivity index (χ1v) is 8.07. The molecule has 0 saturated carbocycles. The van der Waals surface area contributed by atoms with E-state index in [-0.39, 0.29) is 11.1 Å². The van der Waals surface area contributed by atoms with E-state index in [4.69, 9.17) is 0 Å². The molecule has 1 aliphatic heterocycles. The van der Waals surface area contributed by atoms with Gasteiger partial charge in [0.25, 0.3) is 11.8 Å². The van der Waals surface area contributed by atoms with Gasteiger partial charge in [-0.1, -0.05) is 30.3 Å². The summed E-state index contributed by atoms with van der Waals surface area (Å²) in [6.45, 7) is 3.67. The molecule has 7 heteroatoms. The van der Waals surface area contributed by atoms with E-state index in [1.165, 1.54) is 30.3 Å². The number of benzene rings is 2. The lowest BCUT2D eigenvalue weighted by atomic mass is 10.0. The number of nitrogens with zero attached hydrogens (tertiary/aromatic N) is 1. The molecule has 0 atom stereocenters. The molecule has 3 rings (SSSR count). The van der Waals surface area contributed by atoms with Crippen LogP contribution in [0.4, 0.5) is 10.5 Å². The number of amides is 4. The van der Waals surface area contributed by atoms with Gasteiger partial charge in [-0.25, -0.2) is 9.69 Å². The lowest BCUT2D eigenvalue weighted by Crippen LogP contribution is -2.54. The molecule has 0 spiro atoms.